The third-order valence-corrected chi connectivity index (χ3v) is 19.3. The van der Waals surface area contributed by atoms with Gasteiger partial charge in [-0.15, -0.1) is 0 Å². The summed E-state index contributed by atoms with van der Waals surface area (Å²) in [6.07, 6.45) is 12.9. The lowest BCUT2D eigenvalue weighted by atomic mass is 9.51. The minimum atomic E-state index is -0.0288. The Hall–Kier alpha value is -3.58. The van der Waals surface area contributed by atoms with Gasteiger partial charge >= 0.3 is 0 Å². The maximum atomic E-state index is 13.4. The van der Waals surface area contributed by atoms with E-state index >= 15 is 0 Å². The first kappa shape index (κ1) is 43.0. The molecule has 2 saturated carbocycles. The van der Waals surface area contributed by atoms with E-state index in [1.54, 1.807) is 0 Å². The molecule has 6 aliphatic heterocycles. The largest absolute Gasteiger partial charge is 0.504 e. The van der Waals surface area contributed by atoms with Crippen LogP contribution in [-0.4, -0.2) is 166 Å². The fourth-order valence-corrected chi connectivity index (χ4v) is 16.5. The van der Waals surface area contributed by atoms with Crippen LogP contribution in [0.5, 0.6) is 23.0 Å². The van der Waals surface area contributed by atoms with Gasteiger partial charge in [0, 0.05) is 72.3 Å². The van der Waals surface area contributed by atoms with E-state index in [1.165, 1.54) is 35.1 Å². The van der Waals surface area contributed by atoms with Crippen molar-refractivity contribution in [1.29, 1.82) is 0 Å². The van der Waals surface area contributed by atoms with Gasteiger partial charge in [-0.3, -0.25) is 19.4 Å². The zero-order chi connectivity index (χ0) is 44.4. The quantitative estimate of drug-likeness (QED) is 0.352. The van der Waals surface area contributed by atoms with Crippen molar-refractivity contribution in [2.75, 3.05) is 66.5 Å². The average Bonchev–Trinajstić information content (AvgIpc) is 4.12. The van der Waals surface area contributed by atoms with Crippen LogP contribution in [0.3, 0.4) is 0 Å². The molecule has 12 atom stereocenters. The maximum absolute atomic E-state index is 13.4. The third kappa shape index (κ3) is 5.92. The molecule has 2 N–H and O–H groups in total. The molecule has 12 heteroatoms. The van der Waals surface area contributed by atoms with Crippen molar-refractivity contribution in [3.8, 4) is 23.0 Å². The Balaban J connectivity index is 0.000000143. The summed E-state index contributed by atoms with van der Waals surface area (Å²) < 4.78 is 13.6. The molecule has 10 aliphatic rings. The number of phenolic OH excluding ortho intramolecular Hbond substituents is 2. The Labute approximate surface area is 381 Å². The molecule has 12 rings (SSSR count). The highest BCUT2D eigenvalue weighted by Gasteiger charge is 2.68. The van der Waals surface area contributed by atoms with E-state index < -0.39 is 0 Å². The number of piperidine rings is 2. The molecule has 0 unspecified atom stereocenters. The van der Waals surface area contributed by atoms with Crippen LogP contribution in [0.1, 0.15) is 114 Å². The summed E-state index contributed by atoms with van der Waals surface area (Å²) in [5.74, 6) is 3.79. The number of ether oxygens (including phenoxy) is 2. The number of aromatic hydroxyl groups is 2. The van der Waals surface area contributed by atoms with Crippen LogP contribution < -0.4 is 9.47 Å². The molecule has 2 amide bonds. The van der Waals surface area contributed by atoms with Gasteiger partial charge in [-0.1, -0.05) is 12.1 Å². The van der Waals surface area contributed by atoms with E-state index in [1.807, 2.05) is 21.9 Å². The molecule has 2 aromatic rings. The predicted octanol–water partition coefficient (Wildman–Crippen LogP) is 5.53. The van der Waals surface area contributed by atoms with Gasteiger partial charge in [-0.2, -0.15) is 0 Å². The van der Waals surface area contributed by atoms with Crippen LogP contribution in [-0.2, 0) is 33.3 Å². The number of benzene rings is 2. The van der Waals surface area contributed by atoms with Crippen molar-refractivity contribution in [2.24, 2.45) is 11.8 Å². The first-order valence-corrected chi connectivity index (χ1v) is 25.6. The van der Waals surface area contributed by atoms with Gasteiger partial charge in [0.2, 0.25) is 11.8 Å². The number of likely N-dealkylation sites (N-methyl/N-ethyl adjacent to an activating group) is 4. The second kappa shape index (κ2) is 16.0. The fraction of sp³-hybridized carbons (Fsp3) is 0.731. The molecule has 4 bridgehead atoms. The lowest BCUT2D eigenvalue weighted by Crippen LogP contribution is -2.69. The highest BCUT2D eigenvalue weighted by atomic mass is 16.5. The van der Waals surface area contributed by atoms with E-state index in [0.717, 1.165) is 128 Å². The Kier molecular flexibility index (Phi) is 10.8. The lowest BCUT2D eigenvalue weighted by Gasteiger charge is -2.60. The number of phenols is 2. The Morgan fingerprint density at radius 2 is 1.00 bits per heavy atom. The molecular formula is C52H74N6O6. The van der Waals surface area contributed by atoms with Crippen LogP contribution in [0, 0.1) is 11.8 Å². The second-order valence-electron chi connectivity index (χ2n) is 21.4. The molecule has 2 aromatic carbocycles. The van der Waals surface area contributed by atoms with Gasteiger partial charge in [0.1, 0.15) is 12.2 Å². The van der Waals surface area contributed by atoms with E-state index in [2.05, 4.69) is 73.5 Å². The zero-order valence-corrected chi connectivity index (χ0v) is 39.4. The molecule has 4 saturated heterocycles. The summed E-state index contributed by atoms with van der Waals surface area (Å²) in [6, 6.07) is 9.44. The predicted molar refractivity (Wildman–Crippen MR) is 246 cm³/mol. The minimum Gasteiger partial charge on any atom is -0.504 e. The van der Waals surface area contributed by atoms with Crippen LogP contribution in [0.2, 0.25) is 0 Å². The Morgan fingerprint density at radius 3 is 1.39 bits per heavy atom. The number of nitrogens with zero attached hydrogens (tertiary/aromatic N) is 6. The van der Waals surface area contributed by atoms with Crippen molar-refractivity contribution in [3.63, 3.8) is 0 Å². The fourth-order valence-electron chi connectivity index (χ4n) is 16.5. The van der Waals surface area contributed by atoms with Crippen molar-refractivity contribution in [3.05, 3.63) is 46.5 Å². The third-order valence-electron chi connectivity index (χ3n) is 19.3. The number of rotatable bonds is 8. The molecule has 12 nitrogen and oxygen atoms in total. The van der Waals surface area contributed by atoms with E-state index in [9.17, 15) is 19.8 Å². The molecule has 2 spiro atoms. The van der Waals surface area contributed by atoms with Gasteiger partial charge < -0.3 is 39.3 Å². The molecule has 6 fully saturated rings. The standard InChI is InChI=1S/2C26H37N3O3/c2*1-4-28(5-2)25(31)19-7-6-13-29(19)18-10-9-17-20-15-16-8-11-21(30)23-22(16)26(17,24(18)32-23)12-14-27(20)3/h2*8,11,17-20,24,30H,4-7,9-10,12-15H2,1-3H3/t17-,18+,19-,20+,24-,26-;17-,18-,19-,20+,24-,26-/m00/s1. The van der Waals surface area contributed by atoms with Crippen LogP contribution in [0.4, 0.5) is 0 Å². The van der Waals surface area contributed by atoms with Crippen LogP contribution >= 0.6 is 0 Å². The number of carbonyl (C=O) groups is 2. The summed E-state index contributed by atoms with van der Waals surface area (Å²) in [5.41, 5.74) is 5.32. The van der Waals surface area contributed by atoms with Crippen molar-refractivity contribution >= 4 is 11.8 Å². The SMILES string of the molecule is CCN(CC)C(=O)[C@@H]1CCCN1[C@@H]1CC[C@H]2[C@H]3Cc4ccc(O)c5c4[C@@]2(CCN3C)[C@H]1O5.CCN(CC)C(=O)[C@@H]1CCCN1[C@H]1CC[C@H]2[C@H]3Cc4ccc(O)c5c4[C@@]2(CCN3C)[C@H]1O5. The normalized spacial score (nSPS) is 37.8. The molecular weight excluding hydrogens is 805 g/mol. The lowest BCUT2D eigenvalue weighted by molar-refractivity contribution is -0.140. The van der Waals surface area contributed by atoms with Crippen molar-refractivity contribution in [1.82, 2.24) is 29.4 Å². The Bertz CT molecular complexity index is 2010. The molecule has 4 aliphatic carbocycles. The summed E-state index contributed by atoms with van der Waals surface area (Å²) in [6.45, 7) is 15.5. The molecule has 64 heavy (non-hydrogen) atoms. The number of likely N-dealkylation sites (tertiary alicyclic amines) is 4. The first-order chi connectivity index (χ1) is 31.0. The number of hydrogen-bond acceptors (Lipinski definition) is 10. The Morgan fingerprint density at radius 1 is 0.594 bits per heavy atom. The van der Waals surface area contributed by atoms with Crippen molar-refractivity contribution in [2.45, 2.75) is 164 Å². The average molecular weight is 879 g/mol. The smallest absolute Gasteiger partial charge is 0.239 e. The number of amides is 2. The molecule has 0 radical (unpaired) electrons. The number of carbonyl (C=O) groups excluding carboxylic acids is 2. The van der Waals surface area contributed by atoms with Crippen LogP contribution in [0.15, 0.2) is 24.3 Å². The highest BCUT2D eigenvalue weighted by Crippen LogP contribution is 2.66. The topological polar surface area (TPSA) is 112 Å². The maximum Gasteiger partial charge on any atom is 0.239 e. The molecule has 6 heterocycles. The highest BCUT2D eigenvalue weighted by molar-refractivity contribution is 5.83. The van der Waals surface area contributed by atoms with Crippen molar-refractivity contribution < 1.29 is 29.3 Å². The minimum absolute atomic E-state index is 0.0207. The molecule has 0 aromatic heterocycles. The summed E-state index contributed by atoms with van der Waals surface area (Å²) >= 11 is 0. The summed E-state index contributed by atoms with van der Waals surface area (Å²) in [7, 11) is 4.56. The van der Waals surface area contributed by atoms with Gasteiger partial charge in [-0.05, 0) is 180 Å². The van der Waals surface area contributed by atoms with Gasteiger partial charge in [0.05, 0.1) is 12.1 Å². The van der Waals surface area contributed by atoms with Gasteiger partial charge in [0.25, 0.3) is 0 Å². The van der Waals surface area contributed by atoms with E-state index in [4.69, 9.17) is 9.47 Å². The van der Waals surface area contributed by atoms with Crippen LogP contribution in [0.25, 0.3) is 0 Å². The van der Waals surface area contributed by atoms with Gasteiger partial charge in [0.15, 0.2) is 23.0 Å². The summed E-state index contributed by atoms with van der Waals surface area (Å²) in [4.78, 5) is 40.9. The van der Waals surface area contributed by atoms with Gasteiger partial charge in [-0.25, -0.2) is 0 Å². The second-order valence-corrected chi connectivity index (χ2v) is 21.4. The van der Waals surface area contributed by atoms with E-state index in [-0.39, 0.29) is 59.0 Å². The summed E-state index contributed by atoms with van der Waals surface area (Å²) in [5, 5.41) is 21.6. The number of hydrogen-bond donors (Lipinski definition) is 2. The molecule has 348 valence electrons. The van der Waals surface area contributed by atoms with E-state index in [0.29, 0.717) is 35.4 Å². The zero-order valence-electron chi connectivity index (χ0n) is 39.4. The monoisotopic (exact) mass is 879 g/mol. The first-order valence-electron chi connectivity index (χ1n) is 25.6.